The summed E-state index contributed by atoms with van der Waals surface area (Å²) in [5.41, 5.74) is -1.16. The monoisotopic (exact) mass is 351 g/mol. The van der Waals surface area contributed by atoms with E-state index >= 15 is 0 Å². The van der Waals surface area contributed by atoms with Gasteiger partial charge in [0, 0.05) is 6.07 Å². The van der Waals surface area contributed by atoms with Crippen LogP contribution in [0.5, 0.6) is 5.75 Å². The van der Waals surface area contributed by atoms with Crippen molar-refractivity contribution in [2.45, 2.75) is 24.8 Å². The Hall–Kier alpha value is -1.17. The molecule has 1 fully saturated rings. The van der Waals surface area contributed by atoms with Crippen LogP contribution < -0.4 is 10.1 Å². The lowest BCUT2D eigenvalue weighted by Crippen LogP contribution is -2.59. The minimum absolute atomic E-state index is 0.208. The minimum atomic E-state index is -1.16. The predicted molar refractivity (Wildman–Crippen MR) is 79.3 cm³/mol. The van der Waals surface area contributed by atoms with Crippen molar-refractivity contribution in [3.8, 4) is 5.75 Å². The number of hydrogen-bond acceptors (Lipinski definition) is 3. The summed E-state index contributed by atoms with van der Waals surface area (Å²) >= 11 is 17.5. The normalized spacial score (nSPS) is 16.0. The van der Waals surface area contributed by atoms with Crippen LogP contribution in [0, 0.1) is 0 Å². The fraction of sp³-hybridized carbons (Fsp3) is 0.385. The average Bonchev–Trinajstić information content (AvgIpc) is 2.36. The first-order valence-electron chi connectivity index (χ1n) is 6.16. The van der Waals surface area contributed by atoms with Crippen molar-refractivity contribution < 1.29 is 19.4 Å². The second kappa shape index (κ2) is 6.30. The molecule has 5 nitrogen and oxygen atoms in total. The van der Waals surface area contributed by atoms with Crippen molar-refractivity contribution in [3.05, 3.63) is 27.2 Å². The molecule has 0 atom stereocenters. The van der Waals surface area contributed by atoms with Crippen molar-refractivity contribution >= 4 is 46.7 Å². The lowest BCUT2D eigenvalue weighted by Gasteiger charge is -2.38. The van der Waals surface area contributed by atoms with E-state index in [9.17, 15) is 9.59 Å². The molecule has 1 amide bonds. The van der Waals surface area contributed by atoms with Crippen LogP contribution in [0.2, 0.25) is 15.1 Å². The topological polar surface area (TPSA) is 75.6 Å². The summed E-state index contributed by atoms with van der Waals surface area (Å²) in [7, 11) is 0. The molecule has 8 heteroatoms. The third-order valence-corrected chi connectivity index (χ3v) is 4.35. The number of hydrogen-bond donors (Lipinski definition) is 2. The Morgan fingerprint density at radius 1 is 1.19 bits per heavy atom. The maximum Gasteiger partial charge on any atom is 0.329 e. The number of nitrogens with one attached hydrogen (secondary N) is 1. The molecule has 0 spiro atoms. The van der Waals surface area contributed by atoms with E-state index in [1.165, 1.54) is 12.1 Å². The molecule has 1 aromatic rings. The van der Waals surface area contributed by atoms with E-state index in [0.29, 0.717) is 12.8 Å². The highest BCUT2D eigenvalue weighted by Crippen LogP contribution is 2.34. The van der Waals surface area contributed by atoms with Crippen LogP contribution in [0.3, 0.4) is 0 Å². The van der Waals surface area contributed by atoms with Crippen LogP contribution in [0.1, 0.15) is 19.3 Å². The van der Waals surface area contributed by atoms with Gasteiger partial charge in [0.2, 0.25) is 0 Å². The Morgan fingerprint density at radius 3 is 2.33 bits per heavy atom. The Morgan fingerprint density at radius 2 is 1.81 bits per heavy atom. The highest BCUT2D eigenvalue weighted by atomic mass is 35.5. The highest BCUT2D eigenvalue weighted by molar-refractivity contribution is 6.43. The summed E-state index contributed by atoms with van der Waals surface area (Å²) in [6, 6.07) is 2.80. The molecule has 0 unspecified atom stereocenters. The van der Waals surface area contributed by atoms with Gasteiger partial charge in [0.1, 0.15) is 11.3 Å². The zero-order valence-electron chi connectivity index (χ0n) is 10.8. The van der Waals surface area contributed by atoms with Gasteiger partial charge in [-0.25, -0.2) is 4.79 Å². The van der Waals surface area contributed by atoms with E-state index in [1.807, 2.05) is 0 Å². The van der Waals surface area contributed by atoms with Crippen LogP contribution in [0.15, 0.2) is 12.1 Å². The van der Waals surface area contributed by atoms with E-state index in [2.05, 4.69) is 5.32 Å². The van der Waals surface area contributed by atoms with Crippen LogP contribution >= 0.6 is 34.8 Å². The number of carboxylic acid groups (broad SMARTS) is 1. The number of carboxylic acids is 1. The fourth-order valence-corrected chi connectivity index (χ4v) is 2.58. The number of carbonyl (C=O) groups is 2. The zero-order chi connectivity index (χ0) is 15.6. The number of ether oxygens (including phenoxy) is 1. The van der Waals surface area contributed by atoms with E-state index in [1.54, 1.807) is 0 Å². The molecule has 1 aromatic carbocycles. The summed E-state index contributed by atoms with van der Waals surface area (Å²) in [6.45, 7) is -0.354. The molecule has 21 heavy (non-hydrogen) atoms. The van der Waals surface area contributed by atoms with Gasteiger partial charge in [0.15, 0.2) is 6.61 Å². The van der Waals surface area contributed by atoms with E-state index in [-0.39, 0.29) is 27.4 Å². The second-order valence-corrected chi connectivity index (χ2v) is 6.00. The SMILES string of the molecule is O=C(COc1cc(Cl)c(Cl)cc1Cl)NC1(C(=O)O)CCC1. The van der Waals surface area contributed by atoms with Gasteiger partial charge in [-0.2, -0.15) is 0 Å². The molecule has 0 aliphatic heterocycles. The van der Waals surface area contributed by atoms with Crippen molar-refractivity contribution in [1.29, 1.82) is 0 Å². The molecule has 0 bridgehead atoms. The van der Waals surface area contributed by atoms with Crippen LogP contribution in [0.4, 0.5) is 0 Å². The lowest BCUT2D eigenvalue weighted by atomic mass is 9.77. The van der Waals surface area contributed by atoms with Crippen molar-refractivity contribution in [1.82, 2.24) is 5.32 Å². The first-order chi connectivity index (χ1) is 9.84. The molecule has 0 aromatic heterocycles. The van der Waals surface area contributed by atoms with Crippen molar-refractivity contribution in [2.24, 2.45) is 0 Å². The van der Waals surface area contributed by atoms with Gasteiger partial charge in [-0.3, -0.25) is 4.79 Å². The standard InChI is InChI=1S/C13H12Cl3NO4/c14-7-4-9(16)10(5-8(7)15)21-6-11(18)17-13(12(19)20)2-1-3-13/h4-5H,1-3,6H2,(H,17,18)(H,19,20). The Labute approximate surface area is 136 Å². The molecule has 114 valence electrons. The van der Waals surface area contributed by atoms with Gasteiger partial charge < -0.3 is 15.2 Å². The summed E-state index contributed by atoms with van der Waals surface area (Å²) in [6.07, 6.45) is 1.61. The number of amides is 1. The van der Waals surface area contributed by atoms with Gasteiger partial charge in [-0.05, 0) is 25.3 Å². The Kier molecular flexibility index (Phi) is 4.86. The second-order valence-electron chi connectivity index (χ2n) is 4.77. The number of halogens is 3. The molecule has 1 aliphatic carbocycles. The largest absolute Gasteiger partial charge is 0.482 e. The van der Waals surface area contributed by atoms with Gasteiger partial charge in [-0.15, -0.1) is 0 Å². The van der Waals surface area contributed by atoms with Crippen LogP contribution in [-0.2, 0) is 9.59 Å². The number of carbonyl (C=O) groups excluding carboxylic acids is 1. The smallest absolute Gasteiger partial charge is 0.329 e. The lowest BCUT2D eigenvalue weighted by molar-refractivity contribution is -0.152. The summed E-state index contributed by atoms with van der Waals surface area (Å²) in [4.78, 5) is 22.9. The number of aliphatic carboxylic acids is 1. The molecule has 1 saturated carbocycles. The maximum atomic E-state index is 11.8. The molecular formula is C13H12Cl3NO4. The molecule has 0 heterocycles. The molecule has 1 aliphatic rings. The van der Waals surface area contributed by atoms with Gasteiger partial charge in [0.05, 0.1) is 15.1 Å². The first-order valence-corrected chi connectivity index (χ1v) is 7.29. The van der Waals surface area contributed by atoms with Crippen LogP contribution in [0.25, 0.3) is 0 Å². The van der Waals surface area contributed by atoms with Crippen molar-refractivity contribution in [2.75, 3.05) is 6.61 Å². The predicted octanol–water partition coefficient (Wildman–Crippen LogP) is 3.15. The summed E-state index contributed by atoms with van der Waals surface area (Å²) in [5, 5.41) is 12.3. The van der Waals surface area contributed by atoms with Gasteiger partial charge in [0.25, 0.3) is 5.91 Å². The number of rotatable bonds is 5. The Balaban J connectivity index is 1.96. The van der Waals surface area contributed by atoms with Crippen molar-refractivity contribution in [3.63, 3.8) is 0 Å². The molecule has 2 N–H and O–H groups in total. The summed E-state index contributed by atoms with van der Waals surface area (Å²) < 4.78 is 5.25. The maximum absolute atomic E-state index is 11.8. The summed E-state index contributed by atoms with van der Waals surface area (Å²) in [5.74, 6) is -1.35. The third-order valence-electron chi connectivity index (χ3n) is 3.33. The highest BCUT2D eigenvalue weighted by Gasteiger charge is 2.45. The molecular weight excluding hydrogens is 341 g/mol. The van der Waals surface area contributed by atoms with E-state index in [0.717, 1.165) is 6.42 Å². The fourth-order valence-electron chi connectivity index (χ4n) is 1.98. The van der Waals surface area contributed by atoms with E-state index in [4.69, 9.17) is 44.6 Å². The number of benzene rings is 1. The third kappa shape index (κ3) is 3.54. The molecule has 0 saturated heterocycles. The van der Waals surface area contributed by atoms with Gasteiger partial charge >= 0.3 is 5.97 Å². The first kappa shape index (κ1) is 16.2. The minimum Gasteiger partial charge on any atom is -0.482 e. The molecule has 0 radical (unpaired) electrons. The van der Waals surface area contributed by atoms with Crippen LogP contribution in [-0.4, -0.2) is 29.1 Å². The van der Waals surface area contributed by atoms with E-state index < -0.39 is 17.4 Å². The van der Waals surface area contributed by atoms with Gasteiger partial charge in [-0.1, -0.05) is 34.8 Å². The molecule has 2 rings (SSSR count). The average molecular weight is 353 g/mol. The Bertz CT molecular complexity index is 587. The zero-order valence-corrected chi connectivity index (χ0v) is 13.1. The quantitative estimate of drug-likeness (QED) is 0.798.